The van der Waals surface area contributed by atoms with Gasteiger partial charge in [-0.05, 0) is 36.1 Å². The highest BCUT2D eigenvalue weighted by molar-refractivity contribution is 7.87. The number of alkyl halides is 2. The minimum atomic E-state index is -4.22. The number of likely N-dealkylation sites (N-methyl/N-ethyl adjacent to an activating group) is 1. The Labute approximate surface area is 225 Å². The van der Waals surface area contributed by atoms with Crippen LogP contribution in [-0.4, -0.2) is 73.6 Å². The maximum atomic E-state index is 13.8. The molecular weight excluding hydrogens is 536 g/mol. The second-order valence-electron chi connectivity index (χ2n) is 9.63. The molecule has 11 nitrogen and oxygen atoms in total. The van der Waals surface area contributed by atoms with E-state index in [1.165, 1.54) is 17.0 Å². The maximum absolute atomic E-state index is 13.8. The van der Waals surface area contributed by atoms with Crippen LogP contribution in [0.5, 0.6) is 5.88 Å². The Morgan fingerprint density at radius 1 is 1.15 bits per heavy atom. The molecule has 2 heterocycles. The van der Waals surface area contributed by atoms with Gasteiger partial charge >= 0.3 is 16.8 Å². The predicted octanol–water partition coefficient (Wildman–Crippen LogP) is 2.15. The lowest BCUT2D eigenvalue weighted by Crippen LogP contribution is -2.67. The average Bonchev–Trinajstić information content (AvgIpc) is 2.79. The van der Waals surface area contributed by atoms with Crippen molar-refractivity contribution in [1.82, 2.24) is 18.9 Å². The summed E-state index contributed by atoms with van der Waals surface area (Å²) in [6.07, 6.45) is 0. The number of carbonyl (C=O) groups is 3. The van der Waals surface area contributed by atoms with E-state index in [9.17, 15) is 31.6 Å². The molecule has 1 aliphatic heterocycles. The van der Waals surface area contributed by atoms with Crippen molar-refractivity contribution in [3.8, 4) is 5.88 Å². The van der Waals surface area contributed by atoms with Crippen molar-refractivity contribution in [2.24, 2.45) is 0 Å². The third-order valence-electron chi connectivity index (χ3n) is 6.30. The highest BCUT2D eigenvalue weighted by Gasteiger charge is 2.53. The lowest BCUT2D eigenvalue weighted by Gasteiger charge is -2.50. The van der Waals surface area contributed by atoms with E-state index in [-0.39, 0.29) is 24.7 Å². The van der Waals surface area contributed by atoms with E-state index in [2.05, 4.69) is 15.0 Å². The van der Waals surface area contributed by atoms with Crippen LogP contribution in [0.15, 0.2) is 36.4 Å². The number of hydrogen-bond donors (Lipinski definition) is 2. The van der Waals surface area contributed by atoms with Crippen molar-refractivity contribution < 1.29 is 36.3 Å². The van der Waals surface area contributed by atoms with Crippen LogP contribution >= 0.6 is 0 Å². The largest absolute Gasteiger partial charge is 0.415 e. The summed E-state index contributed by atoms with van der Waals surface area (Å²) in [5, 5.41) is 2.65. The summed E-state index contributed by atoms with van der Waals surface area (Å²) in [6.45, 7) is 2.60. The number of aromatic nitrogens is 1. The number of benzene rings is 1. The van der Waals surface area contributed by atoms with Crippen LogP contribution in [0, 0.1) is 6.92 Å². The van der Waals surface area contributed by atoms with Crippen LogP contribution in [-0.2, 0) is 30.0 Å². The minimum Gasteiger partial charge on any atom is -0.415 e. The van der Waals surface area contributed by atoms with Crippen LogP contribution in [0.4, 0.5) is 14.5 Å². The lowest BCUT2D eigenvalue weighted by molar-refractivity contribution is -0.144. The average molecular weight is 568 g/mol. The number of rotatable bonds is 10. The molecule has 1 aromatic carbocycles. The van der Waals surface area contributed by atoms with Gasteiger partial charge in [0.2, 0.25) is 23.6 Å². The molecule has 0 unspecified atom stereocenters. The lowest BCUT2D eigenvalue weighted by atomic mass is 9.69. The molecule has 1 fully saturated rings. The first kappa shape index (κ1) is 29.9. The van der Waals surface area contributed by atoms with Crippen molar-refractivity contribution in [2.75, 3.05) is 32.0 Å². The fourth-order valence-electron chi connectivity index (χ4n) is 4.33. The zero-order valence-corrected chi connectivity index (χ0v) is 23.0. The van der Waals surface area contributed by atoms with Gasteiger partial charge in [0.05, 0.1) is 6.54 Å². The Kier molecular flexibility index (Phi) is 8.91. The molecule has 2 N–H and O–H groups in total. The smallest absolute Gasteiger partial charge is 0.388 e. The summed E-state index contributed by atoms with van der Waals surface area (Å²) < 4.78 is 57.4. The molecule has 3 amide bonds. The van der Waals surface area contributed by atoms with Gasteiger partial charge in [0.25, 0.3) is 0 Å². The predicted molar refractivity (Wildman–Crippen MR) is 138 cm³/mol. The van der Waals surface area contributed by atoms with Crippen LogP contribution < -0.4 is 14.8 Å². The monoisotopic (exact) mass is 567 g/mol. The van der Waals surface area contributed by atoms with E-state index in [4.69, 9.17) is 0 Å². The van der Waals surface area contributed by atoms with Gasteiger partial charge in [-0.25, -0.2) is 9.71 Å². The molecule has 1 aliphatic rings. The standard InChI is InChI=1S/C25H31F2N5O6S/c1-15(2)18-8-6-7-9-19(18)25(23(35)29-20-11-10-16(3)28-22(20)38-24(26)27)13-32(14-25)21(34)12-31(5)39(36,37)30-17(4)33/h6-11,15,24H,12-14H2,1-5H3,(H,29,35)(H,30,33). The van der Waals surface area contributed by atoms with Crippen molar-refractivity contribution in [3.05, 3.63) is 53.2 Å². The number of nitrogens with zero attached hydrogens (tertiary/aromatic N) is 3. The van der Waals surface area contributed by atoms with Gasteiger partial charge < -0.3 is 15.0 Å². The molecule has 0 atom stereocenters. The molecule has 2 aromatic rings. The van der Waals surface area contributed by atoms with Crippen LogP contribution in [0.2, 0.25) is 0 Å². The van der Waals surface area contributed by atoms with Gasteiger partial charge in [0.1, 0.15) is 11.1 Å². The molecule has 39 heavy (non-hydrogen) atoms. The highest BCUT2D eigenvalue weighted by Crippen LogP contribution is 2.40. The molecule has 0 aliphatic carbocycles. The molecule has 0 radical (unpaired) electrons. The van der Waals surface area contributed by atoms with Gasteiger partial charge in [0.15, 0.2) is 0 Å². The Bertz CT molecular complexity index is 1360. The van der Waals surface area contributed by atoms with Crippen molar-refractivity contribution in [1.29, 1.82) is 0 Å². The van der Waals surface area contributed by atoms with E-state index in [0.717, 1.165) is 19.5 Å². The maximum Gasteiger partial charge on any atom is 0.388 e. The Balaban J connectivity index is 1.92. The molecule has 0 bridgehead atoms. The Hall–Kier alpha value is -3.65. The first-order valence-corrected chi connectivity index (χ1v) is 13.5. The van der Waals surface area contributed by atoms with Crippen molar-refractivity contribution >= 4 is 33.6 Å². The summed E-state index contributed by atoms with van der Waals surface area (Å²) in [4.78, 5) is 43.2. The van der Waals surface area contributed by atoms with E-state index >= 15 is 0 Å². The molecular formula is C25H31F2N5O6S. The summed E-state index contributed by atoms with van der Waals surface area (Å²) in [5.41, 5.74) is 0.590. The van der Waals surface area contributed by atoms with Gasteiger partial charge in [-0.3, -0.25) is 14.4 Å². The number of amides is 3. The second-order valence-corrected chi connectivity index (χ2v) is 11.4. The molecule has 14 heteroatoms. The van der Waals surface area contributed by atoms with Crippen LogP contribution in [0.3, 0.4) is 0 Å². The quantitative estimate of drug-likeness (QED) is 0.449. The zero-order chi connectivity index (χ0) is 29.1. The number of likely N-dealkylation sites (tertiary alicyclic amines) is 1. The number of anilines is 1. The summed E-state index contributed by atoms with van der Waals surface area (Å²) in [5.74, 6) is -2.38. The number of aryl methyl sites for hydroxylation is 1. The van der Waals surface area contributed by atoms with Crippen LogP contribution in [0.1, 0.15) is 43.5 Å². The highest BCUT2D eigenvalue weighted by atomic mass is 32.2. The first-order valence-electron chi connectivity index (χ1n) is 12.0. The van der Waals surface area contributed by atoms with Crippen LogP contribution in [0.25, 0.3) is 0 Å². The number of nitrogens with one attached hydrogen (secondary N) is 2. The summed E-state index contributed by atoms with van der Waals surface area (Å²) in [7, 11) is -3.08. The number of hydrogen-bond acceptors (Lipinski definition) is 7. The third kappa shape index (κ3) is 6.68. The van der Waals surface area contributed by atoms with E-state index in [0.29, 0.717) is 15.6 Å². The van der Waals surface area contributed by atoms with Gasteiger partial charge in [0, 0.05) is 32.8 Å². The molecule has 0 saturated carbocycles. The third-order valence-corrected chi connectivity index (χ3v) is 7.79. The normalized spacial score (nSPS) is 14.8. The molecule has 212 valence electrons. The number of carbonyl (C=O) groups excluding carboxylic acids is 3. The Morgan fingerprint density at radius 2 is 1.79 bits per heavy atom. The van der Waals surface area contributed by atoms with Crippen molar-refractivity contribution in [3.63, 3.8) is 0 Å². The molecule has 1 aromatic heterocycles. The van der Waals surface area contributed by atoms with Gasteiger partial charge in [-0.15, -0.1) is 0 Å². The zero-order valence-electron chi connectivity index (χ0n) is 22.2. The van der Waals surface area contributed by atoms with E-state index < -0.39 is 52.4 Å². The molecule has 0 spiro atoms. The fraction of sp³-hybridized carbons (Fsp3) is 0.440. The van der Waals surface area contributed by atoms with E-state index in [1.54, 1.807) is 23.8 Å². The van der Waals surface area contributed by atoms with Gasteiger partial charge in [-0.1, -0.05) is 38.1 Å². The molecule has 1 saturated heterocycles. The summed E-state index contributed by atoms with van der Waals surface area (Å²) >= 11 is 0. The second kappa shape index (κ2) is 11.6. The molecule has 3 rings (SSSR count). The SMILES string of the molecule is CC(=O)NS(=O)(=O)N(C)CC(=O)N1CC(C(=O)Nc2ccc(C)nc2OC(F)F)(c2ccccc2C(C)C)C1. The number of ether oxygens (including phenoxy) is 1. The van der Waals surface area contributed by atoms with Gasteiger partial charge in [-0.2, -0.15) is 21.5 Å². The Morgan fingerprint density at radius 3 is 2.38 bits per heavy atom. The number of pyridine rings is 1. The summed E-state index contributed by atoms with van der Waals surface area (Å²) in [6, 6.07) is 10.2. The topological polar surface area (TPSA) is 138 Å². The van der Waals surface area contributed by atoms with Crippen molar-refractivity contribution in [2.45, 2.75) is 45.6 Å². The van der Waals surface area contributed by atoms with E-state index in [1.807, 2.05) is 26.0 Å². The fourth-order valence-corrected chi connectivity index (χ4v) is 5.13. The minimum absolute atomic E-state index is 0.0170. The first-order chi connectivity index (χ1) is 18.2. The number of halogens is 2.